The van der Waals surface area contributed by atoms with E-state index in [1.54, 1.807) is 34.1 Å². The molecule has 0 unspecified atom stereocenters. The molecule has 0 aliphatic carbocycles. The highest BCUT2D eigenvalue weighted by Gasteiger charge is 2.24. The van der Waals surface area contributed by atoms with Gasteiger partial charge in [0.15, 0.2) is 0 Å². The molecule has 6 nitrogen and oxygen atoms in total. The Morgan fingerprint density at radius 1 is 1.00 bits per heavy atom. The fraction of sp³-hybridized carbons (Fsp3) is 0.304. The summed E-state index contributed by atoms with van der Waals surface area (Å²) in [6, 6.07) is 14.7. The van der Waals surface area contributed by atoms with Crippen LogP contribution in [0.15, 0.2) is 52.9 Å². The van der Waals surface area contributed by atoms with Crippen molar-refractivity contribution in [3.05, 3.63) is 70.4 Å². The van der Waals surface area contributed by atoms with E-state index in [1.165, 1.54) is 0 Å². The number of fused-ring (bicyclic) bond motifs is 1. The number of nitrogens with one attached hydrogen (secondary N) is 1. The maximum absolute atomic E-state index is 12.8. The lowest BCUT2D eigenvalue weighted by Crippen LogP contribution is -2.42. The van der Waals surface area contributed by atoms with E-state index in [0.29, 0.717) is 49.7 Å². The van der Waals surface area contributed by atoms with Crippen molar-refractivity contribution >= 4 is 34.5 Å². The van der Waals surface area contributed by atoms with Crippen LogP contribution in [-0.4, -0.2) is 47.9 Å². The fourth-order valence-electron chi connectivity index (χ4n) is 3.79. The zero-order chi connectivity index (χ0) is 21.1. The summed E-state index contributed by atoms with van der Waals surface area (Å²) in [5.41, 5.74) is 2.36. The molecule has 1 aliphatic rings. The quantitative estimate of drug-likeness (QED) is 0.674. The Hall–Kier alpha value is -2.99. The third-order valence-electron chi connectivity index (χ3n) is 5.52. The Morgan fingerprint density at radius 3 is 2.50 bits per heavy atom. The third-order valence-corrected chi connectivity index (χ3v) is 5.85. The highest BCUT2D eigenvalue weighted by atomic mass is 35.5. The first kappa shape index (κ1) is 20.3. The number of nitrogens with zero attached hydrogens (tertiary/aromatic N) is 2. The van der Waals surface area contributed by atoms with Crippen LogP contribution in [0.4, 0.5) is 4.79 Å². The van der Waals surface area contributed by atoms with E-state index in [0.717, 1.165) is 22.3 Å². The molecular formula is C23H24ClN3O3. The molecule has 0 bridgehead atoms. The minimum atomic E-state index is -0.151. The van der Waals surface area contributed by atoms with Gasteiger partial charge in [-0.2, -0.15) is 0 Å². The monoisotopic (exact) mass is 425 g/mol. The van der Waals surface area contributed by atoms with Crippen molar-refractivity contribution in [2.24, 2.45) is 0 Å². The number of para-hydroxylation sites is 1. The molecule has 0 spiro atoms. The molecule has 3 amide bonds. The van der Waals surface area contributed by atoms with Crippen molar-refractivity contribution in [1.29, 1.82) is 0 Å². The zero-order valence-corrected chi connectivity index (χ0v) is 17.6. The van der Waals surface area contributed by atoms with Crippen LogP contribution < -0.4 is 5.32 Å². The van der Waals surface area contributed by atoms with E-state index in [9.17, 15) is 9.59 Å². The van der Waals surface area contributed by atoms with E-state index < -0.39 is 0 Å². The molecule has 2 aromatic carbocycles. The van der Waals surface area contributed by atoms with Gasteiger partial charge in [-0.25, -0.2) is 4.79 Å². The van der Waals surface area contributed by atoms with Gasteiger partial charge in [-0.1, -0.05) is 41.9 Å². The molecule has 30 heavy (non-hydrogen) atoms. The summed E-state index contributed by atoms with van der Waals surface area (Å²) in [4.78, 5) is 29.0. The number of carbonyl (C=O) groups excluding carboxylic acids is 2. The standard InChI is InChI=1S/C23H24ClN3O3/c1-16-17-7-3-5-10-20(17)30-21(16)15-25-23(29)27-12-6-11-26(13-14-27)22(28)18-8-2-4-9-19(18)24/h2-5,7-10H,6,11-15H2,1H3,(H,25,29). The molecule has 0 radical (unpaired) electrons. The average Bonchev–Trinajstić information content (AvgIpc) is 2.92. The lowest BCUT2D eigenvalue weighted by molar-refractivity contribution is 0.0762. The van der Waals surface area contributed by atoms with Crippen molar-refractivity contribution in [1.82, 2.24) is 15.1 Å². The summed E-state index contributed by atoms with van der Waals surface area (Å²) in [5.74, 6) is 0.663. The molecule has 0 atom stereocenters. The third kappa shape index (κ3) is 4.14. The van der Waals surface area contributed by atoms with E-state index in [1.807, 2.05) is 31.2 Å². The van der Waals surface area contributed by atoms with Crippen LogP contribution in [0.3, 0.4) is 0 Å². The second-order valence-corrected chi connectivity index (χ2v) is 7.82. The number of hydrogen-bond acceptors (Lipinski definition) is 3. The molecule has 1 aliphatic heterocycles. The lowest BCUT2D eigenvalue weighted by atomic mass is 10.1. The Kier molecular flexibility index (Phi) is 5.95. The summed E-state index contributed by atoms with van der Waals surface area (Å²) in [6.45, 7) is 4.46. The Morgan fingerprint density at radius 2 is 1.70 bits per heavy atom. The number of aryl methyl sites for hydroxylation is 1. The number of rotatable bonds is 3. The SMILES string of the molecule is Cc1c(CNC(=O)N2CCCN(C(=O)c3ccccc3Cl)CC2)oc2ccccc12. The van der Waals surface area contributed by atoms with Gasteiger partial charge in [0, 0.05) is 37.1 Å². The first-order valence-corrected chi connectivity index (χ1v) is 10.5. The van der Waals surface area contributed by atoms with Gasteiger partial charge in [0.25, 0.3) is 5.91 Å². The maximum Gasteiger partial charge on any atom is 0.317 e. The van der Waals surface area contributed by atoms with Crippen LogP contribution in [-0.2, 0) is 6.54 Å². The van der Waals surface area contributed by atoms with E-state index in [2.05, 4.69) is 5.32 Å². The number of amides is 3. The number of halogens is 1. The molecule has 3 aromatic rings. The van der Waals surface area contributed by atoms with Crippen LogP contribution in [0, 0.1) is 6.92 Å². The average molecular weight is 426 g/mol. The van der Waals surface area contributed by atoms with Gasteiger partial charge in [0.1, 0.15) is 11.3 Å². The number of hydrogen-bond donors (Lipinski definition) is 1. The first-order chi connectivity index (χ1) is 14.5. The Bertz CT molecular complexity index is 1080. The van der Waals surface area contributed by atoms with E-state index >= 15 is 0 Å². The number of benzene rings is 2. The summed E-state index contributed by atoms with van der Waals surface area (Å²) in [7, 11) is 0. The highest BCUT2D eigenvalue weighted by molar-refractivity contribution is 6.33. The van der Waals surface area contributed by atoms with Crippen LogP contribution in [0.2, 0.25) is 5.02 Å². The van der Waals surface area contributed by atoms with Crippen LogP contribution >= 0.6 is 11.6 Å². The molecule has 7 heteroatoms. The Labute approximate surface area is 180 Å². The molecule has 1 saturated heterocycles. The normalized spacial score (nSPS) is 14.6. The zero-order valence-electron chi connectivity index (χ0n) is 16.9. The second-order valence-electron chi connectivity index (χ2n) is 7.42. The van der Waals surface area contributed by atoms with Gasteiger partial charge in [-0.05, 0) is 31.5 Å². The number of urea groups is 1. The number of carbonyl (C=O) groups is 2. The molecule has 2 heterocycles. The van der Waals surface area contributed by atoms with Gasteiger partial charge in [-0.3, -0.25) is 4.79 Å². The van der Waals surface area contributed by atoms with Crippen LogP contribution in [0.5, 0.6) is 0 Å². The molecule has 1 aromatic heterocycles. The Balaban J connectivity index is 1.36. The van der Waals surface area contributed by atoms with Gasteiger partial charge in [0.05, 0.1) is 17.1 Å². The van der Waals surface area contributed by atoms with Crippen LogP contribution in [0.1, 0.15) is 28.1 Å². The van der Waals surface area contributed by atoms with Crippen molar-refractivity contribution in [2.75, 3.05) is 26.2 Å². The summed E-state index contributed by atoms with van der Waals surface area (Å²) in [5, 5.41) is 4.46. The van der Waals surface area contributed by atoms with Gasteiger partial charge >= 0.3 is 6.03 Å². The second kappa shape index (κ2) is 8.79. The predicted molar refractivity (Wildman–Crippen MR) is 117 cm³/mol. The maximum atomic E-state index is 12.8. The summed E-state index contributed by atoms with van der Waals surface area (Å²) < 4.78 is 5.87. The smallest absolute Gasteiger partial charge is 0.317 e. The molecule has 1 fully saturated rings. The largest absolute Gasteiger partial charge is 0.459 e. The van der Waals surface area contributed by atoms with Crippen molar-refractivity contribution < 1.29 is 14.0 Å². The molecule has 0 saturated carbocycles. The summed E-state index contributed by atoms with van der Waals surface area (Å²) >= 11 is 6.17. The van der Waals surface area contributed by atoms with Crippen molar-refractivity contribution in [3.63, 3.8) is 0 Å². The fourth-order valence-corrected chi connectivity index (χ4v) is 4.01. The molecule has 4 rings (SSSR count). The molecule has 156 valence electrons. The minimum Gasteiger partial charge on any atom is -0.459 e. The molecule has 1 N–H and O–H groups in total. The van der Waals surface area contributed by atoms with Crippen LogP contribution in [0.25, 0.3) is 11.0 Å². The number of furan rings is 1. The minimum absolute atomic E-state index is 0.0965. The summed E-state index contributed by atoms with van der Waals surface area (Å²) in [6.07, 6.45) is 0.716. The molecular weight excluding hydrogens is 402 g/mol. The van der Waals surface area contributed by atoms with Crippen molar-refractivity contribution in [2.45, 2.75) is 19.9 Å². The van der Waals surface area contributed by atoms with Gasteiger partial charge in [0.2, 0.25) is 0 Å². The first-order valence-electron chi connectivity index (χ1n) is 10.1. The van der Waals surface area contributed by atoms with Gasteiger partial charge < -0.3 is 19.5 Å². The predicted octanol–water partition coefficient (Wildman–Crippen LogP) is 4.45. The van der Waals surface area contributed by atoms with Crippen molar-refractivity contribution in [3.8, 4) is 0 Å². The topological polar surface area (TPSA) is 65.8 Å². The van der Waals surface area contributed by atoms with Gasteiger partial charge in [-0.15, -0.1) is 0 Å². The van der Waals surface area contributed by atoms with E-state index in [4.69, 9.17) is 16.0 Å². The highest BCUT2D eigenvalue weighted by Crippen LogP contribution is 2.24. The van der Waals surface area contributed by atoms with E-state index in [-0.39, 0.29) is 11.9 Å². The lowest BCUT2D eigenvalue weighted by Gasteiger charge is -2.22.